The number of sulfonamides is 1. The monoisotopic (exact) mass is 320 g/mol. The van der Waals surface area contributed by atoms with Gasteiger partial charge in [-0.2, -0.15) is 0 Å². The first-order valence-corrected chi connectivity index (χ1v) is 9.55. The summed E-state index contributed by atoms with van der Waals surface area (Å²) in [5.41, 5.74) is 0. The zero-order chi connectivity index (χ0) is 15.7. The van der Waals surface area contributed by atoms with E-state index in [-0.39, 0.29) is 5.75 Å². The van der Waals surface area contributed by atoms with Gasteiger partial charge in [0, 0.05) is 0 Å². The van der Waals surface area contributed by atoms with Gasteiger partial charge in [0.25, 0.3) is 0 Å². The lowest BCUT2D eigenvalue weighted by Gasteiger charge is -2.31. The van der Waals surface area contributed by atoms with Gasteiger partial charge in [-0.1, -0.05) is 39.0 Å². The maximum Gasteiger partial charge on any atom is 0.421 e. The van der Waals surface area contributed by atoms with E-state index in [0.717, 1.165) is 25.7 Å². The predicted octanol–water partition coefficient (Wildman–Crippen LogP) is 2.41. The van der Waals surface area contributed by atoms with Crippen molar-refractivity contribution in [2.45, 2.75) is 64.3 Å². The summed E-state index contributed by atoms with van der Waals surface area (Å²) in [6.45, 7) is 3.47. The SMILES string of the molecule is CCCCCCCCS(=O)(=O)N(C(=O)O)C1CCNCC1. The highest BCUT2D eigenvalue weighted by atomic mass is 32.2. The summed E-state index contributed by atoms with van der Waals surface area (Å²) in [6, 6.07) is -0.408. The maximum absolute atomic E-state index is 12.3. The Balaban J connectivity index is 2.49. The molecule has 1 aliphatic rings. The lowest BCUT2D eigenvalue weighted by molar-refractivity contribution is 0.153. The molecule has 0 aromatic rings. The minimum atomic E-state index is -3.71. The van der Waals surface area contributed by atoms with Crippen LogP contribution in [0.25, 0.3) is 0 Å². The van der Waals surface area contributed by atoms with Crippen LogP contribution in [0.2, 0.25) is 0 Å². The molecule has 0 radical (unpaired) electrons. The topological polar surface area (TPSA) is 86.7 Å². The Morgan fingerprint density at radius 1 is 1.14 bits per heavy atom. The highest BCUT2D eigenvalue weighted by molar-refractivity contribution is 7.89. The van der Waals surface area contributed by atoms with Crippen molar-refractivity contribution in [1.29, 1.82) is 0 Å². The maximum atomic E-state index is 12.3. The van der Waals surface area contributed by atoms with Crippen molar-refractivity contribution in [3.05, 3.63) is 0 Å². The Morgan fingerprint density at radius 3 is 2.29 bits per heavy atom. The fourth-order valence-electron chi connectivity index (χ4n) is 2.71. The zero-order valence-electron chi connectivity index (χ0n) is 12.9. The Hall–Kier alpha value is -0.820. The number of carbonyl (C=O) groups is 1. The molecule has 0 spiro atoms. The lowest BCUT2D eigenvalue weighted by atomic mass is 10.1. The third-order valence-electron chi connectivity index (χ3n) is 3.88. The Bertz CT molecular complexity index is 405. The summed E-state index contributed by atoms with van der Waals surface area (Å²) in [5.74, 6) is -0.0602. The van der Waals surface area contributed by atoms with Crippen LogP contribution in [0.3, 0.4) is 0 Å². The number of unbranched alkanes of at least 4 members (excludes halogenated alkanes) is 5. The predicted molar refractivity (Wildman–Crippen MR) is 82.9 cm³/mol. The van der Waals surface area contributed by atoms with Crippen LogP contribution in [0.15, 0.2) is 0 Å². The minimum absolute atomic E-state index is 0.0602. The molecule has 1 saturated heterocycles. The first-order chi connectivity index (χ1) is 9.99. The number of amides is 1. The molecule has 124 valence electrons. The second-order valence-electron chi connectivity index (χ2n) is 5.64. The van der Waals surface area contributed by atoms with Gasteiger partial charge >= 0.3 is 6.09 Å². The molecule has 0 bridgehead atoms. The summed E-state index contributed by atoms with van der Waals surface area (Å²) in [4.78, 5) is 11.3. The van der Waals surface area contributed by atoms with Gasteiger partial charge in [0.2, 0.25) is 10.0 Å². The van der Waals surface area contributed by atoms with Crippen LogP contribution < -0.4 is 5.32 Å². The lowest BCUT2D eigenvalue weighted by Crippen LogP contribution is -2.49. The zero-order valence-corrected chi connectivity index (χ0v) is 13.7. The molecule has 0 unspecified atom stereocenters. The van der Waals surface area contributed by atoms with Gasteiger partial charge in [0.15, 0.2) is 0 Å². The summed E-state index contributed by atoms with van der Waals surface area (Å²) in [7, 11) is -3.71. The van der Waals surface area contributed by atoms with Crippen molar-refractivity contribution in [2.75, 3.05) is 18.8 Å². The fourth-order valence-corrected chi connectivity index (χ4v) is 4.38. The fraction of sp³-hybridized carbons (Fsp3) is 0.929. The van der Waals surface area contributed by atoms with Crippen molar-refractivity contribution >= 4 is 16.1 Å². The highest BCUT2D eigenvalue weighted by Gasteiger charge is 2.34. The molecule has 1 rings (SSSR count). The number of hydrogen-bond acceptors (Lipinski definition) is 4. The van der Waals surface area contributed by atoms with E-state index < -0.39 is 22.2 Å². The summed E-state index contributed by atoms with van der Waals surface area (Å²) >= 11 is 0. The molecule has 1 fully saturated rings. The summed E-state index contributed by atoms with van der Waals surface area (Å²) < 4.78 is 25.3. The molecule has 0 atom stereocenters. The van der Waals surface area contributed by atoms with Gasteiger partial charge in [-0.3, -0.25) is 0 Å². The van der Waals surface area contributed by atoms with E-state index in [2.05, 4.69) is 12.2 Å². The number of hydrogen-bond donors (Lipinski definition) is 2. The van der Waals surface area contributed by atoms with Crippen LogP contribution in [0.4, 0.5) is 4.79 Å². The number of rotatable bonds is 9. The van der Waals surface area contributed by atoms with Gasteiger partial charge in [0.1, 0.15) is 0 Å². The molecule has 0 aliphatic carbocycles. The first-order valence-electron chi connectivity index (χ1n) is 7.94. The highest BCUT2D eigenvalue weighted by Crippen LogP contribution is 2.18. The normalized spacial score (nSPS) is 16.8. The minimum Gasteiger partial charge on any atom is -0.464 e. The Morgan fingerprint density at radius 2 is 1.71 bits per heavy atom. The van der Waals surface area contributed by atoms with Crippen LogP contribution >= 0.6 is 0 Å². The molecular formula is C14H28N2O4S. The van der Waals surface area contributed by atoms with E-state index >= 15 is 0 Å². The largest absolute Gasteiger partial charge is 0.464 e. The van der Waals surface area contributed by atoms with E-state index in [1.165, 1.54) is 6.42 Å². The van der Waals surface area contributed by atoms with Gasteiger partial charge in [0.05, 0.1) is 11.8 Å². The number of carboxylic acid groups (broad SMARTS) is 1. The number of piperidine rings is 1. The molecule has 1 amide bonds. The standard InChI is InChI=1S/C14H28N2O4S/c1-2-3-4-5-6-7-12-21(19,20)16(14(17)18)13-8-10-15-11-9-13/h13,15H,2-12H2,1H3,(H,17,18). The van der Waals surface area contributed by atoms with Crippen LogP contribution in [-0.4, -0.2) is 48.8 Å². The van der Waals surface area contributed by atoms with Gasteiger partial charge in [-0.05, 0) is 32.4 Å². The second kappa shape index (κ2) is 9.25. The summed E-state index contributed by atoms with van der Waals surface area (Å²) in [5, 5.41) is 12.4. The average Bonchev–Trinajstić information content (AvgIpc) is 2.43. The quantitative estimate of drug-likeness (QED) is 0.637. The molecule has 0 aromatic heterocycles. The molecule has 0 saturated carbocycles. The van der Waals surface area contributed by atoms with Crippen molar-refractivity contribution in [3.63, 3.8) is 0 Å². The molecule has 6 nitrogen and oxygen atoms in total. The van der Waals surface area contributed by atoms with Crippen molar-refractivity contribution in [2.24, 2.45) is 0 Å². The van der Waals surface area contributed by atoms with E-state index in [4.69, 9.17) is 0 Å². The molecule has 7 heteroatoms. The van der Waals surface area contributed by atoms with Crippen LogP contribution in [0.5, 0.6) is 0 Å². The molecule has 2 N–H and O–H groups in total. The van der Waals surface area contributed by atoms with Crippen LogP contribution in [0.1, 0.15) is 58.3 Å². The van der Waals surface area contributed by atoms with Gasteiger partial charge < -0.3 is 10.4 Å². The average molecular weight is 320 g/mol. The smallest absolute Gasteiger partial charge is 0.421 e. The van der Waals surface area contributed by atoms with Crippen molar-refractivity contribution < 1.29 is 18.3 Å². The van der Waals surface area contributed by atoms with E-state index in [1.807, 2.05) is 0 Å². The molecule has 1 aliphatic heterocycles. The van der Waals surface area contributed by atoms with E-state index in [0.29, 0.717) is 36.7 Å². The number of nitrogens with zero attached hydrogens (tertiary/aromatic N) is 1. The Kier molecular flexibility index (Phi) is 8.03. The molecular weight excluding hydrogens is 292 g/mol. The van der Waals surface area contributed by atoms with Crippen LogP contribution in [0, 0.1) is 0 Å². The van der Waals surface area contributed by atoms with Crippen LogP contribution in [-0.2, 0) is 10.0 Å². The van der Waals surface area contributed by atoms with Gasteiger partial charge in [-0.25, -0.2) is 17.5 Å². The third-order valence-corrected chi connectivity index (χ3v) is 5.74. The number of nitrogens with one attached hydrogen (secondary N) is 1. The summed E-state index contributed by atoms with van der Waals surface area (Å²) in [6.07, 6.45) is 5.62. The van der Waals surface area contributed by atoms with Gasteiger partial charge in [-0.15, -0.1) is 0 Å². The third kappa shape index (κ3) is 6.22. The molecule has 21 heavy (non-hydrogen) atoms. The van der Waals surface area contributed by atoms with E-state index in [1.54, 1.807) is 0 Å². The first kappa shape index (κ1) is 18.2. The van der Waals surface area contributed by atoms with E-state index in [9.17, 15) is 18.3 Å². The Labute approximate surface area is 128 Å². The second-order valence-corrected chi connectivity index (χ2v) is 7.61. The molecule has 1 heterocycles. The van der Waals surface area contributed by atoms with Crippen molar-refractivity contribution in [1.82, 2.24) is 9.62 Å². The molecule has 0 aromatic carbocycles. The van der Waals surface area contributed by atoms with Crippen molar-refractivity contribution in [3.8, 4) is 0 Å².